The Kier molecular flexibility index (Phi) is 5.12. The first kappa shape index (κ1) is 14.6. The van der Waals surface area contributed by atoms with E-state index in [9.17, 15) is 8.42 Å². The summed E-state index contributed by atoms with van der Waals surface area (Å²) in [5.74, 6) is 0. The van der Waals surface area contributed by atoms with E-state index in [1.165, 1.54) is 15.6 Å². The summed E-state index contributed by atoms with van der Waals surface area (Å²) >= 11 is 1.48. The average molecular weight is 277 g/mol. The molecular weight excluding hydrogens is 258 g/mol. The van der Waals surface area contributed by atoms with Gasteiger partial charge in [0.15, 0.2) is 0 Å². The van der Waals surface area contributed by atoms with E-state index in [-0.39, 0.29) is 13.2 Å². The maximum atomic E-state index is 12.4. The minimum absolute atomic E-state index is 0.151. The largest absolute Gasteiger partial charge is 0.395 e. The highest BCUT2D eigenvalue weighted by molar-refractivity contribution is 7.89. The minimum Gasteiger partial charge on any atom is -0.395 e. The molecule has 1 rings (SSSR count). The monoisotopic (exact) mass is 277 g/mol. The lowest BCUT2D eigenvalue weighted by molar-refractivity contribution is 0.253. The van der Waals surface area contributed by atoms with Crippen LogP contribution in [0.5, 0.6) is 0 Å². The number of sulfonamides is 1. The molecule has 0 saturated heterocycles. The number of nitrogens with zero attached hydrogens (tertiary/aromatic N) is 1. The summed E-state index contributed by atoms with van der Waals surface area (Å²) in [6, 6.07) is 1.70. The Balaban J connectivity index is 3.11. The number of aliphatic hydroxyl groups excluding tert-OH is 1. The summed E-state index contributed by atoms with van der Waals surface area (Å²) in [5.41, 5.74) is 0. The zero-order valence-corrected chi connectivity index (χ0v) is 12.1. The number of aliphatic hydroxyl groups is 1. The molecule has 1 aromatic heterocycles. The van der Waals surface area contributed by atoms with Crippen molar-refractivity contribution < 1.29 is 13.5 Å². The van der Waals surface area contributed by atoms with Gasteiger partial charge in [-0.1, -0.05) is 6.92 Å². The summed E-state index contributed by atoms with van der Waals surface area (Å²) < 4.78 is 26.1. The van der Waals surface area contributed by atoms with Gasteiger partial charge >= 0.3 is 0 Å². The minimum atomic E-state index is -3.45. The van der Waals surface area contributed by atoms with Crippen molar-refractivity contribution in [3.05, 3.63) is 15.8 Å². The quantitative estimate of drug-likeness (QED) is 0.862. The first-order valence-corrected chi connectivity index (χ1v) is 7.87. The van der Waals surface area contributed by atoms with E-state index in [4.69, 9.17) is 5.11 Å². The third-order valence-corrected chi connectivity index (χ3v) is 5.56. The zero-order chi connectivity index (χ0) is 13.1. The Morgan fingerprint density at radius 1 is 1.35 bits per heavy atom. The molecule has 0 aromatic carbocycles. The van der Waals surface area contributed by atoms with Crippen molar-refractivity contribution in [1.29, 1.82) is 0 Å². The summed E-state index contributed by atoms with van der Waals surface area (Å²) in [5, 5.41) is 8.94. The van der Waals surface area contributed by atoms with Crippen molar-refractivity contribution >= 4 is 21.4 Å². The second-order valence-electron chi connectivity index (χ2n) is 3.91. The molecule has 0 aliphatic rings. The van der Waals surface area contributed by atoms with Gasteiger partial charge in [0.2, 0.25) is 10.0 Å². The molecule has 98 valence electrons. The van der Waals surface area contributed by atoms with Crippen LogP contribution >= 0.6 is 11.3 Å². The van der Waals surface area contributed by atoms with Gasteiger partial charge in [0.05, 0.1) is 11.5 Å². The van der Waals surface area contributed by atoms with Crippen molar-refractivity contribution in [2.24, 2.45) is 0 Å². The number of rotatable bonds is 6. The lowest BCUT2D eigenvalue weighted by Gasteiger charge is -2.20. The lowest BCUT2D eigenvalue weighted by atomic mass is 10.4. The van der Waals surface area contributed by atoms with E-state index in [1.54, 1.807) is 6.07 Å². The summed E-state index contributed by atoms with van der Waals surface area (Å²) in [4.78, 5) is 2.17. The van der Waals surface area contributed by atoms with Gasteiger partial charge in [-0.15, -0.1) is 11.3 Å². The van der Waals surface area contributed by atoms with E-state index in [0.717, 1.165) is 16.2 Å². The number of hydrogen-bond donors (Lipinski definition) is 1. The first-order chi connectivity index (χ1) is 7.93. The molecule has 0 saturated carbocycles. The van der Waals surface area contributed by atoms with Crippen molar-refractivity contribution in [1.82, 2.24) is 4.31 Å². The standard InChI is InChI=1S/C11H19NO3S2/c1-4-5-12(6-7-13)17(14,15)11-8-9(2)16-10(11)3/h8,13H,4-7H2,1-3H3. The second kappa shape index (κ2) is 5.95. The molecule has 1 N–H and O–H groups in total. The Bertz CT molecular complexity index is 459. The van der Waals surface area contributed by atoms with Crippen molar-refractivity contribution in [2.75, 3.05) is 19.7 Å². The highest BCUT2D eigenvalue weighted by Crippen LogP contribution is 2.27. The molecule has 0 bridgehead atoms. The predicted octanol–water partition coefficient (Wildman–Crippen LogP) is 1.76. The summed E-state index contributed by atoms with van der Waals surface area (Å²) in [6.07, 6.45) is 0.737. The number of thiophene rings is 1. The fourth-order valence-electron chi connectivity index (χ4n) is 1.72. The molecule has 1 aromatic rings. The lowest BCUT2D eigenvalue weighted by Crippen LogP contribution is -2.34. The molecule has 0 unspecified atom stereocenters. The highest BCUT2D eigenvalue weighted by Gasteiger charge is 2.26. The van der Waals surface area contributed by atoms with Gasteiger partial charge in [-0.2, -0.15) is 4.31 Å². The molecule has 0 radical (unpaired) electrons. The molecule has 0 fully saturated rings. The second-order valence-corrected chi connectivity index (χ2v) is 7.27. The van der Waals surface area contributed by atoms with Crippen molar-refractivity contribution in [3.63, 3.8) is 0 Å². The third kappa shape index (κ3) is 3.28. The molecular formula is C11H19NO3S2. The fourth-order valence-corrected chi connectivity index (χ4v) is 4.76. The van der Waals surface area contributed by atoms with Crippen LogP contribution < -0.4 is 0 Å². The van der Waals surface area contributed by atoms with Gasteiger partial charge in [0, 0.05) is 22.8 Å². The van der Waals surface area contributed by atoms with E-state index in [1.807, 2.05) is 20.8 Å². The van der Waals surface area contributed by atoms with E-state index in [2.05, 4.69) is 0 Å². The molecule has 0 amide bonds. The van der Waals surface area contributed by atoms with Crippen LogP contribution in [-0.4, -0.2) is 37.5 Å². The van der Waals surface area contributed by atoms with Crippen LogP contribution in [-0.2, 0) is 10.0 Å². The zero-order valence-electron chi connectivity index (χ0n) is 10.4. The smallest absolute Gasteiger partial charge is 0.244 e. The van der Waals surface area contributed by atoms with Crippen LogP contribution in [0.1, 0.15) is 23.1 Å². The van der Waals surface area contributed by atoms with E-state index < -0.39 is 10.0 Å². The molecule has 0 aliphatic heterocycles. The van der Waals surface area contributed by atoms with Crippen LogP contribution in [0.15, 0.2) is 11.0 Å². The SMILES string of the molecule is CCCN(CCO)S(=O)(=O)c1cc(C)sc1C. The van der Waals surface area contributed by atoms with Gasteiger partial charge in [0.1, 0.15) is 0 Å². The Morgan fingerprint density at radius 3 is 2.41 bits per heavy atom. The van der Waals surface area contributed by atoms with Crippen LogP contribution in [0.4, 0.5) is 0 Å². The van der Waals surface area contributed by atoms with Crippen LogP contribution in [0, 0.1) is 13.8 Å². The molecule has 17 heavy (non-hydrogen) atoms. The molecule has 4 nitrogen and oxygen atoms in total. The Hall–Kier alpha value is -0.430. The fraction of sp³-hybridized carbons (Fsp3) is 0.636. The van der Waals surface area contributed by atoms with Gasteiger partial charge in [-0.05, 0) is 26.3 Å². The van der Waals surface area contributed by atoms with Gasteiger partial charge < -0.3 is 5.11 Å². The van der Waals surface area contributed by atoms with Gasteiger partial charge in [-0.25, -0.2) is 8.42 Å². The Morgan fingerprint density at radius 2 is 2.00 bits per heavy atom. The molecule has 0 aliphatic carbocycles. The number of aryl methyl sites for hydroxylation is 2. The molecule has 0 atom stereocenters. The van der Waals surface area contributed by atoms with Crippen molar-refractivity contribution in [2.45, 2.75) is 32.1 Å². The predicted molar refractivity (Wildman–Crippen MR) is 69.9 cm³/mol. The molecule has 1 heterocycles. The van der Waals surface area contributed by atoms with Crippen LogP contribution in [0.2, 0.25) is 0 Å². The van der Waals surface area contributed by atoms with Crippen LogP contribution in [0.3, 0.4) is 0 Å². The topological polar surface area (TPSA) is 57.6 Å². The van der Waals surface area contributed by atoms with Gasteiger partial charge in [-0.3, -0.25) is 0 Å². The number of hydrogen-bond acceptors (Lipinski definition) is 4. The normalized spacial score (nSPS) is 12.3. The molecule has 0 spiro atoms. The van der Waals surface area contributed by atoms with Crippen molar-refractivity contribution in [3.8, 4) is 0 Å². The maximum Gasteiger partial charge on any atom is 0.244 e. The van der Waals surface area contributed by atoms with Gasteiger partial charge in [0.25, 0.3) is 0 Å². The first-order valence-electron chi connectivity index (χ1n) is 5.61. The van der Waals surface area contributed by atoms with Crippen LogP contribution in [0.25, 0.3) is 0 Å². The summed E-state index contributed by atoms with van der Waals surface area (Å²) in [6.45, 7) is 6.08. The molecule has 6 heteroatoms. The highest BCUT2D eigenvalue weighted by atomic mass is 32.2. The maximum absolute atomic E-state index is 12.4. The third-order valence-electron chi connectivity index (χ3n) is 2.44. The summed E-state index contributed by atoms with van der Waals surface area (Å²) in [7, 11) is -3.45. The van der Waals surface area contributed by atoms with E-state index >= 15 is 0 Å². The Labute approximate surface area is 107 Å². The van der Waals surface area contributed by atoms with E-state index in [0.29, 0.717) is 11.4 Å². The average Bonchev–Trinajstić information content (AvgIpc) is 2.58.